The van der Waals surface area contributed by atoms with Gasteiger partial charge in [-0.1, -0.05) is 109 Å². The van der Waals surface area contributed by atoms with E-state index in [1.807, 2.05) is 97.1 Å². The Morgan fingerprint density at radius 3 is 1.74 bits per heavy atom. The van der Waals surface area contributed by atoms with Crippen LogP contribution in [0.15, 0.2) is 121 Å². The number of carbonyl (C=O) groups excluding carboxylic acids is 1. The Kier molecular flexibility index (Phi) is 11.5. The number of methoxy groups -OCH3 is 1. The van der Waals surface area contributed by atoms with Crippen LogP contribution >= 0.6 is 0 Å². The first kappa shape index (κ1) is 30.6. The maximum atomic E-state index is 13.1. The van der Waals surface area contributed by atoms with Crippen LogP contribution in [0, 0.1) is 0 Å². The van der Waals surface area contributed by atoms with E-state index in [2.05, 4.69) is 0 Å². The minimum Gasteiger partial charge on any atom is -0.453 e. The predicted octanol–water partition coefficient (Wildman–Crippen LogP) is 6.36. The van der Waals surface area contributed by atoms with Crippen molar-refractivity contribution in [3.63, 3.8) is 0 Å². The van der Waals surface area contributed by atoms with E-state index in [-0.39, 0.29) is 6.61 Å². The average molecular weight is 583 g/mol. The molecule has 5 atom stereocenters. The second kappa shape index (κ2) is 16.1. The third-order valence-electron chi connectivity index (χ3n) is 7.30. The van der Waals surface area contributed by atoms with Gasteiger partial charge in [0.2, 0.25) is 0 Å². The fourth-order valence-corrected chi connectivity index (χ4v) is 5.06. The van der Waals surface area contributed by atoms with Crippen LogP contribution in [-0.4, -0.2) is 50.4 Å². The maximum absolute atomic E-state index is 13.1. The molecule has 0 radical (unpaired) electrons. The van der Waals surface area contributed by atoms with Crippen LogP contribution in [-0.2, 0) is 48.2 Å². The van der Waals surface area contributed by atoms with Crippen LogP contribution in [0.3, 0.4) is 0 Å². The number of ether oxygens (including phenoxy) is 6. The zero-order chi connectivity index (χ0) is 29.7. The monoisotopic (exact) mass is 582 g/mol. The second-order valence-corrected chi connectivity index (χ2v) is 10.4. The van der Waals surface area contributed by atoms with Gasteiger partial charge in [-0.15, -0.1) is 0 Å². The maximum Gasteiger partial charge on any atom is 0.338 e. The van der Waals surface area contributed by atoms with Gasteiger partial charge in [0.15, 0.2) is 12.4 Å². The van der Waals surface area contributed by atoms with Crippen molar-refractivity contribution in [2.45, 2.75) is 56.9 Å². The average Bonchev–Trinajstić information content (AvgIpc) is 3.20. The molecule has 0 bridgehead atoms. The van der Waals surface area contributed by atoms with Gasteiger partial charge in [-0.3, -0.25) is 0 Å². The lowest BCUT2D eigenvalue weighted by molar-refractivity contribution is -0.225. The summed E-state index contributed by atoms with van der Waals surface area (Å²) < 4.78 is 37.6. The largest absolute Gasteiger partial charge is 0.453 e. The van der Waals surface area contributed by atoms with Gasteiger partial charge in [-0.2, -0.15) is 0 Å². The van der Waals surface area contributed by atoms with Gasteiger partial charge < -0.3 is 28.4 Å². The summed E-state index contributed by atoms with van der Waals surface area (Å²) in [6.07, 6.45) is -2.91. The summed E-state index contributed by atoms with van der Waals surface area (Å²) in [4.78, 5) is 13.1. The van der Waals surface area contributed by atoms with Crippen molar-refractivity contribution in [3.8, 4) is 0 Å². The first-order valence-corrected chi connectivity index (χ1v) is 14.6. The normalized spacial score (nSPS) is 22.0. The molecule has 1 aliphatic heterocycles. The summed E-state index contributed by atoms with van der Waals surface area (Å²) in [5.74, 6) is -0.460. The number of benzene rings is 4. The molecule has 7 nitrogen and oxygen atoms in total. The third kappa shape index (κ3) is 9.07. The minimum atomic E-state index is -0.855. The Morgan fingerprint density at radius 2 is 1.19 bits per heavy atom. The molecule has 0 spiro atoms. The zero-order valence-corrected chi connectivity index (χ0v) is 24.3. The van der Waals surface area contributed by atoms with Gasteiger partial charge in [-0.25, -0.2) is 4.79 Å². The van der Waals surface area contributed by atoms with Crippen molar-refractivity contribution in [1.82, 2.24) is 0 Å². The molecule has 0 aromatic heterocycles. The van der Waals surface area contributed by atoms with Crippen molar-refractivity contribution in [3.05, 3.63) is 144 Å². The molecule has 0 unspecified atom stereocenters. The Hall–Kier alpha value is -3.85. The standard InChI is InChI=1S/C36H38O7/c1-38-36-32(42-35(37)30-20-12-5-13-21-30)22-31(40-24-28-16-8-3-9-17-28)34(41-25-29-18-10-4-11-19-29)33(43-36)26-39-23-27-14-6-2-7-15-27/h2-21,31-34,36H,22-26H2,1H3/t31-,32+,33-,34+,36+/m1/s1. The summed E-state index contributed by atoms with van der Waals surface area (Å²) in [6.45, 7) is 1.33. The minimum absolute atomic E-state index is 0.221. The highest BCUT2D eigenvalue weighted by molar-refractivity contribution is 5.89. The van der Waals surface area contributed by atoms with E-state index in [9.17, 15) is 4.79 Å². The molecule has 1 aliphatic rings. The molecule has 0 N–H and O–H groups in total. The smallest absolute Gasteiger partial charge is 0.338 e. The molecule has 7 heteroatoms. The van der Waals surface area contributed by atoms with Crippen molar-refractivity contribution in [2.24, 2.45) is 0 Å². The molecule has 224 valence electrons. The summed E-state index contributed by atoms with van der Waals surface area (Å²) in [7, 11) is 1.54. The number of hydrogen-bond acceptors (Lipinski definition) is 7. The van der Waals surface area contributed by atoms with Crippen LogP contribution in [0.2, 0.25) is 0 Å². The lowest BCUT2D eigenvalue weighted by atomic mass is 10.0. The van der Waals surface area contributed by atoms with E-state index in [1.165, 1.54) is 0 Å². The van der Waals surface area contributed by atoms with Crippen molar-refractivity contribution >= 4 is 5.97 Å². The molecule has 0 aliphatic carbocycles. The van der Waals surface area contributed by atoms with Crippen LogP contribution in [0.25, 0.3) is 0 Å². The molecule has 4 aromatic rings. The molecule has 1 heterocycles. The SMILES string of the molecule is CO[C@H]1O[C@H](COCc2ccccc2)[C@@H](OCc2ccccc2)[C@H](OCc2ccccc2)C[C@@H]1OC(=O)c1ccccc1. The lowest BCUT2D eigenvalue weighted by Gasteiger charge is -2.31. The van der Waals surface area contributed by atoms with E-state index in [0.717, 1.165) is 16.7 Å². The molecule has 1 fully saturated rings. The molecule has 1 saturated heterocycles. The fraction of sp³-hybridized carbons (Fsp3) is 0.306. The van der Waals surface area contributed by atoms with Gasteiger partial charge in [-0.05, 0) is 28.8 Å². The van der Waals surface area contributed by atoms with Gasteiger partial charge in [0, 0.05) is 13.5 Å². The van der Waals surface area contributed by atoms with E-state index >= 15 is 0 Å². The van der Waals surface area contributed by atoms with E-state index < -0.39 is 36.7 Å². The van der Waals surface area contributed by atoms with E-state index in [1.54, 1.807) is 31.4 Å². The van der Waals surface area contributed by atoms with Gasteiger partial charge in [0.05, 0.1) is 38.1 Å². The number of rotatable bonds is 13. The molecular weight excluding hydrogens is 544 g/mol. The second-order valence-electron chi connectivity index (χ2n) is 10.4. The predicted molar refractivity (Wildman–Crippen MR) is 162 cm³/mol. The topological polar surface area (TPSA) is 72.5 Å². The Balaban J connectivity index is 1.40. The number of esters is 1. The van der Waals surface area contributed by atoms with Crippen LogP contribution in [0.1, 0.15) is 33.5 Å². The first-order valence-electron chi connectivity index (χ1n) is 14.6. The Bertz CT molecular complexity index is 1350. The summed E-state index contributed by atoms with van der Waals surface area (Å²) in [5.41, 5.74) is 3.54. The Labute approximate surface area is 253 Å². The molecule has 4 aromatic carbocycles. The fourth-order valence-electron chi connectivity index (χ4n) is 5.06. The first-order chi connectivity index (χ1) is 21.2. The number of carbonyl (C=O) groups is 1. The molecule has 0 amide bonds. The lowest BCUT2D eigenvalue weighted by Crippen LogP contribution is -2.44. The summed E-state index contributed by atoms with van der Waals surface area (Å²) in [6, 6.07) is 38.8. The van der Waals surface area contributed by atoms with Gasteiger partial charge in [0.25, 0.3) is 0 Å². The van der Waals surface area contributed by atoms with Crippen LogP contribution in [0.4, 0.5) is 0 Å². The van der Waals surface area contributed by atoms with Crippen LogP contribution in [0.5, 0.6) is 0 Å². The molecule has 0 saturated carbocycles. The Morgan fingerprint density at radius 1 is 0.674 bits per heavy atom. The van der Waals surface area contributed by atoms with E-state index in [4.69, 9.17) is 28.4 Å². The van der Waals surface area contributed by atoms with E-state index in [0.29, 0.717) is 31.8 Å². The quantitative estimate of drug-likeness (QED) is 0.170. The summed E-state index contributed by atoms with van der Waals surface area (Å²) in [5, 5.41) is 0. The third-order valence-corrected chi connectivity index (χ3v) is 7.30. The number of hydrogen-bond donors (Lipinski definition) is 0. The molecule has 43 heavy (non-hydrogen) atoms. The highest BCUT2D eigenvalue weighted by atomic mass is 16.7. The zero-order valence-electron chi connectivity index (χ0n) is 24.3. The highest BCUT2D eigenvalue weighted by Crippen LogP contribution is 2.30. The van der Waals surface area contributed by atoms with Crippen LogP contribution < -0.4 is 0 Å². The molecular formula is C36H38O7. The molecule has 5 rings (SSSR count). The van der Waals surface area contributed by atoms with Gasteiger partial charge >= 0.3 is 5.97 Å². The van der Waals surface area contributed by atoms with Crippen molar-refractivity contribution in [1.29, 1.82) is 0 Å². The highest BCUT2D eigenvalue weighted by Gasteiger charge is 2.44. The summed E-state index contributed by atoms with van der Waals surface area (Å²) >= 11 is 0. The van der Waals surface area contributed by atoms with Gasteiger partial charge in [0.1, 0.15) is 12.2 Å². The van der Waals surface area contributed by atoms with Crippen molar-refractivity contribution < 1.29 is 33.2 Å². The van der Waals surface area contributed by atoms with Crippen molar-refractivity contribution in [2.75, 3.05) is 13.7 Å².